The molecule has 1 N–H and O–H groups in total. The molecule has 0 radical (unpaired) electrons. The van der Waals surface area contributed by atoms with Gasteiger partial charge in [-0.25, -0.2) is 0 Å². The van der Waals surface area contributed by atoms with Gasteiger partial charge in [-0.15, -0.1) is 0 Å². The molecule has 4 nitrogen and oxygen atoms in total. The van der Waals surface area contributed by atoms with E-state index in [-0.39, 0.29) is 0 Å². The molecule has 0 unspecified atom stereocenters. The highest BCUT2D eigenvalue weighted by atomic mass is 35.5. The van der Waals surface area contributed by atoms with Crippen LogP contribution in [-0.2, 0) is 19.7 Å². The Hall–Kier alpha value is -2.69. The van der Waals surface area contributed by atoms with Crippen molar-refractivity contribution >= 4 is 11.6 Å². The molecule has 0 amide bonds. The number of ether oxygens (including phenoxy) is 3. The first-order valence-corrected chi connectivity index (χ1v) is 9.19. The number of fused-ring (bicyclic) bond motifs is 1. The van der Waals surface area contributed by atoms with Gasteiger partial charge in [-0.1, -0.05) is 41.9 Å². The fourth-order valence-electron chi connectivity index (χ4n) is 2.85. The largest absolute Gasteiger partial charge is 0.489 e. The van der Waals surface area contributed by atoms with Crippen LogP contribution in [0.5, 0.6) is 17.2 Å². The second-order valence-corrected chi connectivity index (χ2v) is 6.79. The average Bonchev–Trinajstić information content (AvgIpc) is 3.16. The molecule has 0 atom stereocenters. The van der Waals surface area contributed by atoms with Crippen molar-refractivity contribution in [2.24, 2.45) is 0 Å². The predicted octanol–water partition coefficient (Wildman–Crippen LogP) is 4.94. The van der Waals surface area contributed by atoms with Crippen molar-refractivity contribution in [2.45, 2.75) is 19.7 Å². The first-order valence-electron chi connectivity index (χ1n) is 8.82. The van der Waals surface area contributed by atoms with Gasteiger partial charge in [-0.05, 0) is 53.1 Å². The number of hydrogen-bond acceptors (Lipinski definition) is 4. The summed E-state index contributed by atoms with van der Waals surface area (Å²) in [4.78, 5) is 0. The third-order valence-corrected chi connectivity index (χ3v) is 4.59. The molecular weight excluding hydrogens is 362 g/mol. The minimum atomic E-state index is 0.304. The Labute approximate surface area is 163 Å². The molecule has 4 rings (SSSR count). The van der Waals surface area contributed by atoms with E-state index in [2.05, 4.69) is 17.4 Å². The maximum Gasteiger partial charge on any atom is 0.231 e. The molecule has 1 aliphatic rings. The summed E-state index contributed by atoms with van der Waals surface area (Å²) in [7, 11) is 0. The maximum absolute atomic E-state index is 5.89. The quantitative estimate of drug-likeness (QED) is 0.629. The third kappa shape index (κ3) is 4.73. The van der Waals surface area contributed by atoms with Crippen LogP contribution in [0.25, 0.3) is 0 Å². The number of rotatable bonds is 7. The molecule has 0 aromatic heterocycles. The summed E-state index contributed by atoms with van der Waals surface area (Å²) in [6.07, 6.45) is 0. The lowest BCUT2D eigenvalue weighted by Gasteiger charge is -2.09. The number of nitrogens with one attached hydrogen (secondary N) is 1. The second-order valence-electron chi connectivity index (χ2n) is 6.35. The van der Waals surface area contributed by atoms with E-state index >= 15 is 0 Å². The molecule has 1 aliphatic heterocycles. The molecule has 5 heteroatoms. The monoisotopic (exact) mass is 381 g/mol. The molecule has 0 spiro atoms. The smallest absolute Gasteiger partial charge is 0.231 e. The summed E-state index contributed by atoms with van der Waals surface area (Å²) < 4.78 is 16.6. The molecule has 3 aromatic carbocycles. The maximum atomic E-state index is 5.89. The summed E-state index contributed by atoms with van der Waals surface area (Å²) in [6, 6.07) is 21.8. The van der Waals surface area contributed by atoms with Crippen LogP contribution in [0.4, 0.5) is 0 Å². The van der Waals surface area contributed by atoms with E-state index in [4.69, 9.17) is 25.8 Å². The summed E-state index contributed by atoms with van der Waals surface area (Å²) >= 11 is 5.89. The van der Waals surface area contributed by atoms with E-state index in [1.54, 1.807) is 0 Å². The predicted molar refractivity (Wildman–Crippen MR) is 105 cm³/mol. The van der Waals surface area contributed by atoms with E-state index in [0.717, 1.165) is 40.9 Å². The first kappa shape index (κ1) is 17.7. The number of hydrogen-bond donors (Lipinski definition) is 1. The van der Waals surface area contributed by atoms with Crippen molar-refractivity contribution in [3.8, 4) is 17.2 Å². The molecule has 1 heterocycles. The average molecular weight is 382 g/mol. The Morgan fingerprint density at radius 3 is 2.26 bits per heavy atom. The van der Waals surface area contributed by atoms with Crippen molar-refractivity contribution in [2.75, 3.05) is 6.79 Å². The summed E-state index contributed by atoms with van der Waals surface area (Å²) in [5.74, 6) is 2.48. The lowest BCUT2D eigenvalue weighted by molar-refractivity contribution is 0.174. The van der Waals surface area contributed by atoms with Crippen LogP contribution in [0, 0.1) is 0 Å². The number of halogens is 1. The molecule has 138 valence electrons. The van der Waals surface area contributed by atoms with Gasteiger partial charge in [-0.2, -0.15) is 0 Å². The van der Waals surface area contributed by atoms with E-state index in [0.29, 0.717) is 13.4 Å². The van der Waals surface area contributed by atoms with Gasteiger partial charge in [-0.3, -0.25) is 0 Å². The Balaban J connectivity index is 1.24. The van der Waals surface area contributed by atoms with Crippen LogP contribution in [0.1, 0.15) is 16.7 Å². The van der Waals surface area contributed by atoms with Crippen LogP contribution < -0.4 is 19.5 Å². The van der Waals surface area contributed by atoms with Gasteiger partial charge in [0.1, 0.15) is 12.4 Å². The highest BCUT2D eigenvalue weighted by Crippen LogP contribution is 2.32. The van der Waals surface area contributed by atoms with Gasteiger partial charge >= 0.3 is 0 Å². The summed E-state index contributed by atoms with van der Waals surface area (Å²) in [5.41, 5.74) is 3.46. The Morgan fingerprint density at radius 1 is 0.778 bits per heavy atom. The van der Waals surface area contributed by atoms with E-state index in [1.807, 2.05) is 54.6 Å². The van der Waals surface area contributed by atoms with Crippen molar-refractivity contribution in [1.82, 2.24) is 5.32 Å². The van der Waals surface area contributed by atoms with Crippen LogP contribution in [0.2, 0.25) is 5.02 Å². The van der Waals surface area contributed by atoms with Gasteiger partial charge in [0.15, 0.2) is 11.5 Å². The zero-order chi connectivity index (χ0) is 18.5. The van der Waals surface area contributed by atoms with E-state index in [1.165, 1.54) is 11.1 Å². The molecular formula is C22H20ClNO3. The highest BCUT2D eigenvalue weighted by molar-refractivity contribution is 6.30. The highest BCUT2D eigenvalue weighted by Gasteiger charge is 2.12. The van der Waals surface area contributed by atoms with Gasteiger partial charge < -0.3 is 19.5 Å². The standard InChI is InChI=1S/C22H20ClNO3/c23-19-6-1-17(2-7-19)14-25-20-8-3-16(4-9-20)12-24-13-18-5-10-21-22(11-18)27-15-26-21/h1-11,24H,12-15H2. The van der Waals surface area contributed by atoms with E-state index < -0.39 is 0 Å². The Kier molecular flexibility index (Phi) is 5.47. The minimum Gasteiger partial charge on any atom is -0.489 e. The fraction of sp³-hybridized carbons (Fsp3) is 0.182. The zero-order valence-electron chi connectivity index (χ0n) is 14.8. The molecule has 0 bridgehead atoms. The minimum absolute atomic E-state index is 0.304. The topological polar surface area (TPSA) is 39.7 Å². The Bertz CT molecular complexity index is 894. The van der Waals surface area contributed by atoms with Crippen LogP contribution >= 0.6 is 11.6 Å². The normalized spacial score (nSPS) is 12.2. The van der Waals surface area contributed by atoms with Gasteiger partial charge in [0.2, 0.25) is 6.79 Å². The molecule has 0 saturated carbocycles. The van der Waals surface area contributed by atoms with Crippen LogP contribution in [-0.4, -0.2) is 6.79 Å². The molecule has 0 saturated heterocycles. The van der Waals surface area contributed by atoms with E-state index in [9.17, 15) is 0 Å². The van der Waals surface area contributed by atoms with Crippen molar-refractivity contribution < 1.29 is 14.2 Å². The van der Waals surface area contributed by atoms with Crippen molar-refractivity contribution in [3.63, 3.8) is 0 Å². The molecule has 27 heavy (non-hydrogen) atoms. The molecule has 0 fully saturated rings. The summed E-state index contributed by atoms with van der Waals surface area (Å²) in [6.45, 7) is 2.38. The Morgan fingerprint density at radius 2 is 1.44 bits per heavy atom. The van der Waals surface area contributed by atoms with Gasteiger partial charge in [0, 0.05) is 18.1 Å². The van der Waals surface area contributed by atoms with Crippen molar-refractivity contribution in [1.29, 1.82) is 0 Å². The lowest BCUT2D eigenvalue weighted by Crippen LogP contribution is -2.12. The summed E-state index contributed by atoms with van der Waals surface area (Å²) in [5, 5.41) is 4.17. The van der Waals surface area contributed by atoms with Crippen molar-refractivity contribution in [3.05, 3.63) is 88.4 Å². The number of benzene rings is 3. The zero-order valence-corrected chi connectivity index (χ0v) is 15.5. The molecule has 3 aromatic rings. The lowest BCUT2D eigenvalue weighted by atomic mass is 10.2. The van der Waals surface area contributed by atoms with Gasteiger partial charge in [0.25, 0.3) is 0 Å². The van der Waals surface area contributed by atoms with Gasteiger partial charge in [0.05, 0.1) is 0 Å². The SMILES string of the molecule is Clc1ccc(COc2ccc(CNCc3ccc4c(c3)OCO4)cc2)cc1. The van der Waals surface area contributed by atoms with Crippen LogP contribution in [0.15, 0.2) is 66.7 Å². The second kappa shape index (κ2) is 8.33. The van der Waals surface area contributed by atoms with Crippen LogP contribution in [0.3, 0.4) is 0 Å². The fourth-order valence-corrected chi connectivity index (χ4v) is 2.98. The molecule has 0 aliphatic carbocycles. The third-order valence-electron chi connectivity index (χ3n) is 4.34. The first-order chi connectivity index (χ1) is 13.3.